The van der Waals surface area contributed by atoms with Crippen molar-refractivity contribution < 1.29 is 9.13 Å². The summed E-state index contributed by atoms with van der Waals surface area (Å²) in [4.78, 5) is 0. The minimum Gasteiger partial charge on any atom is -0.491 e. The lowest BCUT2D eigenvalue weighted by atomic mass is 9.88. The van der Waals surface area contributed by atoms with Crippen LogP contribution >= 0.6 is 0 Å². The van der Waals surface area contributed by atoms with E-state index in [0.29, 0.717) is 0 Å². The Labute approximate surface area is 204 Å². The summed E-state index contributed by atoms with van der Waals surface area (Å²) in [7, 11) is 0. The molecule has 34 heavy (non-hydrogen) atoms. The van der Waals surface area contributed by atoms with E-state index in [4.69, 9.17) is 4.74 Å². The van der Waals surface area contributed by atoms with Crippen molar-refractivity contribution in [3.8, 4) is 5.75 Å². The molecule has 0 saturated heterocycles. The molecule has 3 heteroatoms. The van der Waals surface area contributed by atoms with Gasteiger partial charge < -0.3 is 10.1 Å². The molecular formula is C31H38FNO. The number of rotatable bonds is 10. The topological polar surface area (TPSA) is 21.3 Å². The van der Waals surface area contributed by atoms with Crippen LogP contribution in [0.3, 0.4) is 0 Å². The number of hydrogen-bond donors (Lipinski definition) is 1. The van der Waals surface area contributed by atoms with Gasteiger partial charge in [0.2, 0.25) is 0 Å². The quantitative estimate of drug-likeness (QED) is 0.312. The highest BCUT2D eigenvalue weighted by atomic mass is 19.1. The molecule has 1 aliphatic carbocycles. The Balaban J connectivity index is 1.36. The SMILES string of the molecule is CC(C)Oc1ccc([C@H](CCNCc2ccc(C3CCCC3C)cc2)c2ccc(F)cc2)cc1. The zero-order chi connectivity index (χ0) is 23.9. The van der Waals surface area contributed by atoms with Crippen LogP contribution in [-0.2, 0) is 6.54 Å². The molecule has 1 fully saturated rings. The molecule has 3 aromatic rings. The van der Waals surface area contributed by atoms with Gasteiger partial charge >= 0.3 is 0 Å². The average molecular weight is 460 g/mol. The van der Waals surface area contributed by atoms with Crippen molar-refractivity contribution in [3.05, 3.63) is 101 Å². The summed E-state index contributed by atoms with van der Waals surface area (Å²) in [6, 6.07) is 24.5. The molecule has 0 aromatic heterocycles. The average Bonchev–Trinajstić information content (AvgIpc) is 3.26. The van der Waals surface area contributed by atoms with Gasteiger partial charge in [0.1, 0.15) is 11.6 Å². The summed E-state index contributed by atoms with van der Waals surface area (Å²) in [6.45, 7) is 8.19. The van der Waals surface area contributed by atoms with Crippen molar-refractivity contribution in [1.82, 2.24) is 5.32 Å². The summed E-state index contributed by atoms with van der Waals surface area (Å²) in [5.41, 5.74) is 5.17. The minimum absolute atomic E-state index is 0.151. The van der Waals surface area contributed by atoms with E-state index in [-0.39, 0.29) is 17.8 Å². The Hall–Kier alpha value is -2.65. The molecule has 0 amide bonds. The molecule has 3 atom stereocenters. The molecular weight excluding hydrogens is 421 g/mol. The van der Waals surface area contributed by atoms with Gasteiger partial charge in [-0.3, -0.25) is 0 Å². The van der Waals surface area contributed by atoms with E-state index in [0.717, 1.165) is 42.7 Å². The van der Waals surface area contributed by atoms with Crippen molar-refractivity contribution in [3.63, 3.8) is 0 Å². The molecule has 3 aromatic carbocycles. The molecule has 4 rings (SSSR count). The van der Waals surface area contributed by atoms with Crippen LogP contribution in [0.1, 0.15) is 80.5 Å². The Morgan fingerprint density at radius 3 is 2.12 bits per heavy atom. The van der Waals surface area contributed by atoms with Gasteiger partial charge in [-0.15, -0.1) is 0 Å². The van der Waals surface area contributed by atoms with Crippen LogP contribution in [0, 0.1) is 11.7 Å². The maximum atomic E-state index is 13.5. The molecule has 0 heterocycles. The predicted octanol–water partition coefficient (Wildman–Crippen LogP) is 7.83. The van der Waals surface area contributed by atoms with Crippen LogP contribution in [-0.4, -0.2) is 12.6 Å². The second-order valence-corrected chi connectivity index (χ2v) is 10.1. The standard InChI is InChI=1S/C31H38FNO/c1-22(2)34-29-17-13-27(14-18-29)31(26-11-15-28(32)16-12-26)19-20-33-21-24-7-9-25(10-8-24)30-6-4-5-23(30)3/h7-18,22-23,30-31,33H,4-6,19-21H2,1-3H3/t23?,30?,31-/m1/s1. The number of hydrogen-bond acceptors (Lipinski definition) is 2. The van der Waals surface area contributed by atoms with E-state index in [9.17, 15) is 4.39 Å². The lowest BCUT2D eigenvalue weighted by molar-refractivity contribution is 0.242. The van der Waals surface area contributed by atoms with Gasteiger partial charge in [-0.25, -0.2) is 4.39 Å². The van der Waals surface area contributed by atoms with Gasteiger partial charge in [0.05, 0.1) is 6.10 Å². The first-order valence-electron chi connectivity index (χ1n) is 12.8. The Kier molecular flexibility index (Phi) is 8.39. The van der Waals surface area contributed by atoms with Gasteiger partial charge in [0.25, 0.3) is 0 Å². The van der Waals surface area contributed by atoms with E-state index in [1.165, 1.54) is 36.0 Å². The Morgan fingerprint density at radius 1 is 0.882 bits per heavy atom. The number of halogens is 1. The third-order valence-corrected chi connectivity index (χ3v) is 7.13. The molecule has 0 radical (unpaired) electrons. The van der Waals surface area contributed by atoms with Crippen LogP contribution in [0.5, 0.6) is 5.75 Å². The van der Waals surface area contributed by atoms with Gasteiger partial charge in [-0.2, -0.15) is 0 Å². The van der Waals surface area contributed by atoms with Gasteiger partial charge in [-0.05, 0) is 91.6 Å². The predicted molar refractivity (Wildman–Crippen MR) is 139 cm³/mol. The van der Waals surface area contributed by atoms with Crippen molar-refractivity contribution in [2.45, 2.75) is 70.9 Å². The largest absolute Gasteiger partial charge is 0.491 e. The van der Waals surface area contributed by atoms with E-state index in [2.05, 4.69) is 48.6 Å². The maximum Gasteiger partial charge on any atom is 0.123 e. The monoisotopic (exact) mass is 459 g/mol. The lowest BCUT2D eigenvalue weighted by Crippen LogP contribution is -2.18. The fraction of sp³-hybridized carbons (Fsp3) is 0.419. The van der Waals surface area contributed by atoms with Crippen LogP contribution in [0.4, 0.5) is 4.39 Å². The molecule has 2 nitrogen and oxygen atoms in total. The number of benzene rings is 3. The third-order valence-electron chi connectivity index (χ3n) is 7.13. The smallest absolute Gasteiger partial charge is 0.123 e. The summed E-state index contributed by atoms with van der Waals surface area (Å²) >= 11 is 0. The summed E-state index contributed by atoms with van der Waals surface area (Å²) in [6.07, 6.45) is 5.13. The molecule has 0 aliphatic heterocycles. The summed E-state index contributed by atoms with van der Waals surface area (Å²) in [5, 5.41) is 3.62. The van der Waals surface area contributed by atoms with Crippen LogP contribution in [0.2, 0.25) is 0 Å². The van der Waals surface area contributed by atoms with E-state index in [1.807, 2.05) is 38.1 Å². The fourth-order valence-corrected chi connectivity index (χ4v) is 5.27. The minimum atomic E-state index is -0.197. The lowest BCUT2D eigenvalue weighted by Gasteiger charge is -2.20. The first-order valence-corrected chi connectivity index (χ1v) is 12.8. The highest BCUT2D eigenvalue weighted by molar-refractivity contribution is 5.36. The number of nitrogens with one attached hydrogen (secondary N) is 1. The second kappa shape index (κ2) is 11.7. The first-order chi connectivity index (χ1) is 16.5. The fourth-order valence-electron chi connectivity index (χ4n) is 5.27. The zero-order valence-electron chi connectivity index (χ0n) is 20.8. The molecule has 2 unspecified atom stereocenters. The van der Waals surface area contributed by atoms with Gasteiger partial charge in [0, 0.05) is 12.5 Å². The molecule has 0 spiro atoms. The second-order valence-electron chi connectivity index (χ2n) is 10.1. The molecule has 1 saturated carbocycles. The molecule has 180 valence electrons. The normalized spacial score (nSPS) is 18.9. The van der Waals surface area contributed by atoms with E-state index in [1.54, 1.807) is 12.1 Å². The van der Waals surface area contributed by atoms with E-state index < -0.39 is 0 Å². The molecule has 1 N–H and O–H groups in total. The highest BCUT2D eigenvalue weighted by Crippen LogP contribution is 2.39. The van der Waals surface area contributed by atoms with Crippen LogP contribution in [0.25, 0.3) is 0 Å². The van der Waals surface area contributed by atoms with Crippen molar-refractivity contribution in [2.75, 3.05) is 6.54 Å². The number of ether oxygens (including phenoxy) is 1. The van der Waals surface area contributed by atoms with Gasteiger partial charge in [0.15, 0.2) is 0 Å². The van der Waals surface area contributed by atoms with Crippen LogP contribution in [0.15, 0.2) is 72.8 Å². The van der Waals surface area contributed by atoms with Gasteiger partial charge in [-0.1, -0.05) is 68.3 Å². The highest BCUT2D eigenvalue weighted by Gasteiger charge is 2.24. The maximum absolute atomic E-state index is 13.5. The third kappa shape index (κ3) is 6.48. The summed E-state index contributed by atoms with van der Waals surface area (Å²) < 4.78 is 19.3. The van der Waals surface area contributed by atoms with Crippen molar-refractivity contribution >= 4 is 0 Å². The molecule has 0 bridgehead atoms. The Bertz CT molecular complexity index is 1010. The molecule has 1 aliphatic rings. The first kappa shape index (κ1) is 24.5. The summed E-state index contributed by atoms with van der Waals surface area (Å²) in [5.74, 6) is 2.42. The Morgan fingerprint density at radius 2 is 1.53 bits per heavy atom. The van der Waals surface area contributed by atoms with Crippen LogP contribution < -0.4 is 10.1 Å². The van der Waals surface area contributed by atoms with E-state index >= 15 is 0 Å². The van der Waals surface area contributed by atoms with Crippen molar-refractivity contribution in [2.24, 2.45) is 5.92 Å². The zero-order valence-corrected chi connectivity index (χ0v) is 20.8. The van der Waals surface area contributed by atoms with Crippen molar-refractivity contribution in [1.29, 1.82) is 0 Å².